The van der Waals surface area contributed by atoms with Gasteiger partial charge in [0.05, 0.1) is 6.61 Å². The molecule has 0 amide bonds. The summed E-state index contributed by atoms with van der Waals surface area (Å²) in [6.07, 6.45) is 2.52. The van der Waals surface area contributed by atoms with E-state index in [0.717, 1.165) is 19.3 Å². The van der Waals surface area contributed by atoms with E-state index >= 15 is 0 Å². The molecule has 4 heteroatoms. The van der Waals surface area contributed by atoms with Crippen molar-refractivity contribution in [2.75, 3.05) is 20.3 Å². The number of ether oxygens (including phenoxy) is 2. The molecule has 0 aromatic heterocycles. The van der Waals surface area contributed by atoms with Crippen LogP contribution < -0.4 is 5.73 Å². The molecule has 0 aromatic rings. The fraction of sp³-hybridized carbons (Fsp3) is 0.875. The van der Waals surface area contributed by atoms with E-state index in [4.69, 9.17) is 15.2 Å². The number of carbonyl (C=O) groups is 1. The summed E-state index contributed by atoms with van der Waals surface area (Å²) < 4.78 is 9.64. The van der Waals surface area contributed by atoms with Crippen molar-refractivity contribution in [3.05, 3.63) is 0 Å². The van der Waals surface area contributed by atoms with E-state index in [-0.39, 0.29) is 5.97 Å². The second kappa shape index (κ2) is 3.87. The minimum Gasteiger partial charge on any atom is -0.462 e. The van der Waals surface area contributed by atoms with Crippen molar-refractivity contribution in [2.45, 2.75) is 24.8 Å². The van der Waals surface area contributed by atoms with Crippen LogP contribution in [0.15, 0.2) is 0 Å². The summed E-state index contributed by atoms with van der Waals surface area (Å²) in [6.45, 7) is 0.732. The lowest BCUT2D eigenvalue weighted by Crippen LogP contribution is -2.54. The summed E-state index contributed by atoms with van der Waals surface area (Å²) in [5.74, 6) is -0.286. The first-order chi connectivity index (χ1) is 5.69. The highest BCUT2D eigenvalue weighted by Crippen LogP contribution is 2.29. The average Bonchev–Trinajstić information content (AvgIpc) is 2.00. The van der Waals surface area contributed by atoms with Gasteiger partial charge in [0, 0.05) is 7.11 Å². The Balaban J connectivity index is 2.19. The molecule has 0 aliphatic heterocycles. The Labute approximate surface area is 72.0 Å². The van der Waals surface area contributed by atoms with Crippen LogP contribution in [-0.2, 0) is 14.3 Å². The van der Waals surface area contributed by atoms with Gasteiger partial charge in [0.2, 0.25) is 0 Å². The van der Waals surface area contributed by atoms with Gasteiger partial charge in [0.1, 0.15) is 12.1 Å². The van der Waals surface area contributed by atoms with Gasteiger partial charge < -0.3 is 15.2 Å². The third kappa shape index (κ3) is 1.95. The van der Waals surface area contributed by atoms with Gasteiger partial charge in [-0.15, -0.1) is 0 Å². The van der Waals surface area contributed by atoms with E-state index in [2.05, 4.69) is 0 Å². The van der Waals surface area contributed by atoms with Crippen molar-refractivity contribution < 1.29 is 14.3 Å². The van der Waals surface area contributed by atoms with Gasteiger partial charge in [0.25, 0.3) is 0 Å². The van der Waals surface area contributed by atoms with E-state index in [9.17, 15) is 4.79 Å². The number of hydrogen-bond donors (Lipinski definition) is 1. The zero-order valence-electron chi connectivity index (χ0n) is 7.34. The minimum absolute atomic E-state index is 0.286. The number of carbonyl (C=O) groups excluding carboxylic acids is 1. The lowest BCUT2D eigenvalue weighted by Gasteiger charge is -2.34. The Morgan fingerprint density at radius 1 is 1.50 bits per heavy atom. The normalized spacial score (nSPS) is 19.8. The molecule has 0 bridgehead atoms. The van der Waals surface area contributed by atoms with Crippen molar-refractivity contribution in [1.82, 2.24) is 0 Å². The van der Waals surface area contributed by atoms with Gasteiger partial charge in [0.15, 0.2) is 0 Å². The molecule has 0 heterocycles. The number of rotatable bonds is 4. The highest BCUT2D eigenvalue weighted by atomic mass is 16.6. The number of methoxy groups -OCH3 is 1. The summed E-state index contributed by atoms with van der Waals surface area (Å²) >= 11 is 0. The first-order valence-corrected chi connectivity index (χ1v) is 4.14. The van der Waals surface area contributed by atoms with Gasteiger partial charge in [-0.2, -0.15) is 0 Å². The Morgan fingerprint density at radius 3 is 2.58 bits per heavy atom. The van der Waals surface area contributed by atoms with Crippen LogP contribution in [-0.4, -0.2) is 31.8 Å². The quantitative estimate of drug-likeness (QED) is 0.482. The van der Waals surface area contributed by atoms with Crippen LogP contribution in [0.25, 0.3) is 0 Å². The number of hydrogen-bond acceptors (Lipinski definition) is 4. The maximum absolute atomic E-state index is 11.2. The van der Waals surface area contributed by atoms with Crippen LogP contribution in [0.1, 0.15) is 19.3 Å². The van der Waals surface area contributed by atoms with E-state index in [0.29, 0.717) is 13.2 Å². The molecule has 12 heavy (non-hydrogen) atoms. The molecule has 70 valence electrons. The van der Waals surface area contributed by atoms with E-state index in [1.165, 1.54) is 0 Å². The predicted molar refractivity (Wildman–Crippen MR) is 43.6 cm³/mol. The van der Waals surface area contributed by atoms with Crippen LogP contribution >= 0.6 is 0 Å². The molecule has 0 spiro atoms. The first-order valence-electron chi connectivity index (χ1n) is 4.14. The molecule has 4 nitrogen and oxygen atoms in total. The topological polar surface area (TPSA) is 61.5 Å². The molecule has 1 aliphatic rings. The summed E-state index contributed by atoms with van der Waals surface area (Å²) in [5.41, 5.74) is 5.03. The monoisotopic (exact) mass is 173 g/mol. The van der Waals surface area contributed by atoms with Crippen LogP contribution in [0.3, 0.4) is 0 Å². The highest BCUT2D eigenvalue weighted by molar-refractivity contribution is 5.81. The fourth-order valence-corrected chi connectivity index (χ4v) is 1.12. The van der Waals surface area contributed by atoms with Gasteiger partial charge in [-0.25, -0.2) is 0 Å². The number of esters is 1. The van der Waals surface area contributed by atoms with Crippen molar-refractivity contribution >= 4 is 5.97 Å². The Morgan fingerprint density at radius 2 is 2.17 bits per heavy atom. The predicted octanol–water partition coefficient (Wildman–Crippen LogP) is 0.0574. The maximum Gasteiger partial charge on any atom is 0.326 e. The lowest BCUT2D eigenvalue weighted by molar-refractivity contribution is -0.154. The third-order valence-electron chi connectivity index (χ3n) is 2.17. The molecule has 0 unspecified atom stereocenters. The van der Waals surface area contributed by atoms with Crippen LogP contribution in [0.4, 0.5) is 0 Å². The molecule has 1 aliphatic carbocycles. The fourth-order valence-electron chi connectivity index (χ4n) is 1.12. The van der Waals surface area contributed by atoms with Crippen molar-refractivity contribution in [3.8, 4) is 0 Å². The lowest BCUT2D eigenvalue weighted by atomic mass is 9.78. The van der Waals surface area contributed by atoms with Crippen molar-refractivity contribution in [2.24, 2.45) is 5.73 Å². The standard InChI is InChI=1S/C8H15NO3/c1-11-5-6-12-7(10)8(9)3-2-4-8/h2-6,9H2,1H3. The van der Waals surface area contributed by atoms with Gasteiger partial charge in [-0.1, -0.05) is 0 Å². The minimum atomic E-state index is -0.687. The second-order valence-corrected chi connectivity index (χ2v) is 3.14. The molecule has 1 rings (SSSR count). The highest BCUT2D eigenvalue weighted by Gasteiger charge is 2.41. The maximum atomic E-state index is 11.2. The van der Waals surface area contributed by atoms with Crippen molar-refractivity contribution in [3.63, 3.8) is 0 Å². The molecule has 0 radical (unpaired) electrons. The smallest absolute Gasteiger partial charge is 0.326 e. The Bertz CT molecular complexity index is 166. The molecule has 1 fully saturated rings. The van der Waals surface area contributed by atoms with Crippen molar-refractivity contribution in [1.29, 1.82) is 0 Å². The van der Waals surface area contributed by atoms with Gasteiger partial charge in [-0.05, 0) is 19.3 Å². The molecule has 2 N–H and O–H groups in total. The molecular weight excluding hydrogens is 158 g/mol. The van der Waals surface area contributed by atoms with Gasteiger partial charge >= 0.3 is 5.97 Å². The molecule has 0 saturated heterocycles. The Kier molecular flexibility index (Phi) is 3.05. The van der Waals surface area contributed by atoms with E-state index in [1.54, 1.807) is 7.11 Å². The number of nitrogens with two attached hydrogens (primary N) is 1. The second-order valence-electron chi connectivity index (χ2n) is 3.14. The molecular formula is C8H15NO3. The molecule has 0 atom stereocenters. The SMILES string of the molecule is COCCOC(=O)C1(N)CCC1. The summed E-state index contributed by atoms with van der Waals surface area (Å²) in [7, 11) is 1.56. The van der Waals surface area contributed by atoms with Gasteiger partial charge in [-0.3, -0.25) is 4.79 Å². The first kappa shape index (κ1) is 9.48. The Hall–Kier alpha value is -0.610. The molecule has 0 aromatic carbocycles. The average molecular weight is 173 g/mol. The zero-order chi connectivity index (χ0) is 9.03. The summed E-state index contributed by atoms with van der Waals surface area (Å²) in [4.78, 5) is 11.2. The summed E-state index contributed by atoms with van der Waals surface area (Å²) in [5, 5.41) is 0. The van der Waals surface area contributed by atoms with E-state index < -0.39 is 5.54 Å². The molecule has 1 saturated carbocycles. The largest absolute Gasteiger partial charge is 0.462 e. The van der Waals surface area contributed by atoms with Crippen LogP contribution in [0.2, 0.25) is 0 Å². The van der Waals surface area contributed by atoms with E-state index in [1.807, 2.05) is 0 Å². The third-order valence-corrected chi connectivity index (χ3v) is 2.17. The summed E-state index contributed by atoms with van der Waals surface area (Å²) in [6, 6.07) is 0. The van der Waals surface area contributed by atoms with Crippen LogP contribution in [0.5, 0.6) is 0 Å². The zero-order valence-corrected chi connectivity index (χ0v) is 7.34. The van der Waals surface area contributed by atoms with Crippen LogP contribution in [0, 0.1) is 0 Å².